The van der Waals surface area contributed by atoms with Gasteiger partial charge in [-0.25, -0.2) is 9.36 Å². The summed E-state index contributed by atoms with van der Waals surface area (Å²) in [5.41, 5.74) is 0.599. The Balaban J connectivity index is 1.98. The number of benzene rings is 3. The molecule has 7 nitrogen and oxygen atoms in total. The lowest BCUT2D eigenvalue weighted by Crippen LogP contribution is -2.39. The summed E-state index contributed by atoms with van der Waals surface area (Å²) in [6.07, 6.45) is 0. The molecule has 1 aromatic heterocycles. The molecule has 0 aliphatic carbocycles. The van der Waals surface area contributed by atoms with Crippen molar-refractivity contribution >= 4 is 16.6 Å². The predicted octanol–water partition coefficient (Wildman–Crippen LogP) is 3.11. The van der Waals surface area contributed by atoms with Crippen LogP contribution >= 0.6 is 0 Å². The van der Waals surface area contributed by atoms with Crippen molar-refractivity contribution < 1.29 is 4.92 Å². The second kappa shape index (κ2) is 6.96. The fraction of sp³-hybridized carbons (Fsp3) is 0.0476. The zero-order valence-electron chi connectivity index (χ0n) is 14.7. The quantitative estimate of drug-likeness (QED) is 0.406. The van der Waals surface area contributed by atoms with Gasteiger partial charge in [0.1, 0.15) is 0 Å². The Labute approximate surface area is 158 Å². The maximum absolute atomic E-state index is 13.2. The van der Waals surface area contributed by atoms with Crippen molar-refractivity contribution in [3.63, 3.8) is 0 Å². The number of hydrogen-bond donors (Lipinski definition) is 0. The van der Waals surface area contributed by atoms with Crippen molar-refractivity contribution in [1.29, 1.82) is 0 Å². The molecular weight excluding hydrogens is 358 g/mol. The van der Waals surface area contributed by atoms with Gasteiger partial charge >= 0.3 is 5.69 Å². The molecule has 0 fully saturated rings. The molecule has 28 heavy (non-hydrogen) atoms. The van der Waals surface area contributed by atoms with Crippen molar-refractivity contribution in [2.24, 2.45) is 0 Å². The van der Waals surface area contributed by atoms with Crippen LogP contribution in [-0.4, -0.2) is 14.1 Å². The third kappa shape index (κ3) is 2.99. The second-order valence-corrected chi connectivity index (χ2v) is 6.29. The van der Waals surface area contributed by atoms with Crippen molar-refractivity contribution in [3.8, 4) is 5.69 Å². The van der Waals surface area contributed by atoms with E-state index in [0.29, 0.717) is 22.2 Å². The molecule has 0 spiro atoms. The number of aromatic nitrogens is 2. The average molecular weight is 373 g/mol. The van der Waals surface area contributed by atoms with Gasteiger partial charge in [-0.05, 0) is 29.8 Å². The summed E-state index contributed by atoms with van der Waals surface area (Å²) in [6.45, 7) is 0.105. The summed E-state index contributed by atoms with van der Waals surface area (Å²) >= 11 is 0. The Kier molecular flexibility index (Phi) is 4.33. The SMILES string of the molecule is O=c1c2ccccc2n(Cc2cccc([N+](=O)[O-])c2)c(=O)n1-c1ccccc1. The molecule has 4 rings (SSSR count). The van der Waals surface area contributed by atoms with Crippen LogP contribution in [0.5, 0.6) is 0 Å². The van der Waals surface area contributed by atoms with Crippen LogP contribution in [0.1, 0.15) is 5.56 Å². The Morgan fingerprint density at radius 3 is 2.32 bits per heavy atom. The molecule has 1 heterocycles. The van der Waals surface area contributed by atoms with Crippen LogP contribution in [0.2, 0.25) is 0 Å². The maximum atomic E-state index is 13.2. The third-order valence-corrected chi connectivity index (χ3v) is 4.53. The van der Waals surface area contributed by atoms with Gasteiger partial charge in [-0.15, -0.1) is 0 Å². The van der Waals surface area contributed by atoms with E-state index in [0.717, 1.165) is 4.57 Å². The molecule has 0 radical (unpaired) electrons. The van der Waals surface area contributed by atoms with Crippen LogP contribution in [-0.2, 0) is 6.54 Å². The molecule has 0 bridgehead atoms. The molecule has 0 unspecified atom stereocenters. The lowest BCUT2D eigenvalue weighted by atomic mass is 10.2. The molecular formula is C21H15N3O4. The van der Waals surface area contributed by atoms with E-state index in [9.17, 15) is 19.7 Å². The number of fused-ring (bicyclic) bond motifs is 1. The molecule has 0 saturated carbocycles. The molecule has 138 valence electrons. The van der Waals surface area contributed by atoms with Crippen molar-refractivity contribution in [1.82, 2.24) is 9.13 Å². The number of hydrogen-bond acceptors (Lipinski definition) is 4. The monoisotopic (exact) mass is 373 g/mol. The second-order valence-electron chi connectivity index (χ2n) is 6.29. The molecule has 7 heteroatoms. The van der Waals surface area contributed by atoms with Gasteiger partial charge in [0.25, 0.3) is 11.2 Å². The molecule has 0 amide bonds. The van der Waals surface area contributed by atoms with Gasteiger partial charge in [-0.3, -0.25) is 19.5 Å². The van der Waals surface area contributed by atoms with E-state index in [1.807, 2.05) is 0 Å². The van der Waals surface area contributed by atoms with E-state index in [4.69, 9.17) is 0 Å². The number of non-ortho nitro benzene ring substituents is 1. The van der Waals surface area contributed by atoms with Crippen molar-refractivity contribution in [2.75, 3.05) is 0 Å². The number of para-hydroxylation sites is 2. The lowest BCUT2D eigenvalue weighted by Gasteiger charge is -2.14. The summed E-state index contributed by atoms with van der Waals surface area (Å²) in [4.78, 5) is 36.8. The smallest absolute Gasteiger partial charge is 0.288 e. The minimum absolute atomic E-state index is 0.0498. The Bertz CT molecular complexity index is 1310. The minimum Gasteiger partial charge on any atom is -0.288 e. The van der Waals surface area contributed by atoms with Gasteiger partial charge in [0.05, 0.1) is 28.1 Å². The van der Waals surface area contributed by atoms with Crippen LogP contribution < -0.4 is 11.2 Å². The Hall–Kier alpha value is -4.00. The van der Waals surface area contributed by atoms with Crippen LogP contribution in [0, 0.1) is 10.1 Å². The lowest BCUT2D eigenvalue weighted by molar-refractivity contribution is -0.384. The number of nitrogens with zero attached hydrogens (tertiary/aromatic N) is 3. The standard InChI is InChI=1S/C21H15N3O4/c25-20-18-11-4-5-12-19(18)22(14-15-7-6-10-17(13-15)24(27)28)21(26)23(20)16-8-2-1-3-9-16/h1-13H,14H2. The van der Waals surface area contributed by atoms with E-state index in [1.165, 1.54) is 16.7 Å². The summed E-state index contributed by atoms with van der Waals surface area (Å²) in [6, 6.07) is 21.7. The average Bonchev–Trinajstić information content (AvgIpc) is 2.72. The topological polar surface area (TPSA) is 87.1 Å². The molecule has 4 aromatic rings. The molecule has 0 aliphatic heterocycles. The first-order chi connectivity index (χ1) is 13.6. The summed E-state index contributed by atoms with van der Waals surface area (Å²) in [5, 5.41) is 11.5. The normalized spacial score (nSPS) is 10.9. The molecule has 3 aromatic carbocycles. The Morgan fingerprint density at radius 2 is 1.57 bits per heavy atom. The van der Waals surface area contributed by atoms with E-state index < -0.39 is 16.2 Å². The fourth-order valence-electron chi connectivity index (χ4n) is 3.23. The highest BCUT2D eigenvalue weighted by molar-refractivity contribution is 5.78. The number of rotatable bonds is 4. The predicted molar refractivity (Wildman–Crippen MR) is 106 cm³/mol. The van der Waals surface area contributed by atoms with E-state index in [1.54, 1.807) is 66.7 Å². The molecule has 0 saturated heterocycles. The highest BCUT2D eigenvalue weighted by atomic mass is 16.6. The molecule has 0 aliphatic rings. The molecule has 0 N–H and O–H groups in total. The molecule has 0 atom stereocenters. The minimum atomic E-state index is -0.499. The van der Waals surface area contributed by atoms with Crippen molar-refractivity contribution in [2.45, 2.75) is 6.54 Å². The van der Waals surface area contributed by atoms with Crippen LogP contribution in [0.4, 0.5) is 5.69 Å². The number of nitro groups is 1. The summed E-state index contributed by atoms with van der Waals surface area (Å²) < 4.78 is 2.59. The first-order valence-electron chi connectivity index (χ1n) is 8.59. The first-order valence-corrected chi connectivity index (χ1v) is 8.59. The van der Waals surface area contributed by atoms with Crippen LogP contribution in [0.3, 0.4) is 0 Å². The van der Waals surface area contributed by atoms with E-state index in [2.05, 4.69) is 0 Å². The van der Waals surface area contributed by atoms with Gasteiger partial charge < -0.3 is 0 Å². The van der Waals surface area contributed by atoms with E-state index >= 15 is 0 Å². The third-order valence-electron chi connectivity index (χ3n) is 4.53. The van der Waals surface area contributed by atoms with Crippen LogP contribution in [0.25, 0.3) is 16.6 Å². The van der Waals surface area contributed by atoms with Gasteiger partial charge in [0.2, 0.25) is 0 Å². The zero-order valence-corrected chi connectivity index (χ0v) is 14.7. The first kappa shape index (κ1) is 17.4. The summed E-state index contributed by atoms with van der Waals surface area (Å²) in [5.74, 6) is 0. The zero-order chi connectivity index (χ0) is 19.7. The van der Waals surface area contributed by atoms with Gasteiger partial charge in [-0.2, -0.15) is 0 Å². The summed E-state index contributed by atoms with van der Waals surface area (Å²) in [7, 11) is 0. The van der Waals surface area contributed by atoms with E-state index in [-0.39, 0.29) is 12.2 Å². The van der Waals surface area contributed by atoms with Gasteiger partial charge in [0.15, 0.2) is 0 Å². The van der Waals surface area contributed by atoms with Gasteiger partial charge in [0, 0.05) is 12.1 Å². The highest BCUT2D eigenvalue weighted by Gasteiger charge is 2.15. The Morgan fingerprint density at radius 1 is 0.857 bits per heavy atom. The number of nitro benzene ring substituents is 1. The highest BCUT2D eigenvalue weighted by Crippen LogP contribution is 2.16. The largest absolute Gasteiger partial charge is 0.336 e. The fourth-order valence-corrected chi connectivity index (χ4v) is 3.23. The van der Waals surface area contributed by atoms with Crippen molar-refractivity contribution in [3.05, 3.63) is 115 Å². The van der Waals surface area contributed by atoms with Gasteiger partial charge in [-0.1, -0.05) is 42.5 Å². The maximum Gasteiger partial charge on any atom is 0.336 e. The van der Waals surface area contributed by atoms with Crippen LogP contribution in [0.15, 0.2) is 88.5 Å².